The fraction of sp³-hybridized carbons (Fsp3) is 0.526. The molecule has 28 heavy (non-hydrogen) atoms. The lowest BCUT2D eigenvalue weighted by atomic mass is 9.98. The number of nitrogens with one attached hydrogen (secondary N) is 1. The number of nitrogens with two attached hydrogens (primary N) is 1. The molecule has 0 radical (unpaired) electrons. The molecule has 148 valence electrons. The van der Waals surface area contributed by atoms with Gasteiger partial charge in [-0.25, -0.2) is 19.7 Å². The van der Waals surface area contributed by atoms with E-state index in [2.05, 4.69) is 22.2 Å². The van der Waals surface area contributed by atoms with Crippen molar-refractivity contribution >= 4 is 28.4 Å². The molecule has 2 aromatic rings. The molecule has 2 fully saturated rings. The summed E-state index contributed by atoms with van der Waals surface area (Å²) in [6.07, 6.45) is 4.23. The molecule has 2 aliphatic rings. The SMILES string of the molecule is Cc1nc(NC(=O)N2CCC[C@@]2(C)C(N)=O)sc1-c1ccnc(C2CC2C)n1. The number of aromatic nitrogens is 3. The smallest absolute Gasteiger partial charge is 0.324 e. The van der Waals surface area contributed by atoms with E-state index in [0.29, 0.717) is 29.9 Å². The van der Waals surface area contributed by atoms with Crippen LogP contribution in [-0.2, 0) is 4.79 Å². The number of anilines is 1. The number of carbonyl (C=O) groups is 2. The number of aryl methyl sites for hydroxylation is 1. The second-order valence-electron chi connectivity index (χ2n) is 7.88. The number of amides is 3. The van der Waals surface area contributed by atoms with Gasteiger partial charge in [0.2, 0.25) is 5.91 Å². The van der Waals surface area contributed by atoms with Gasteiger partial charge in [0.1, 0.15) is 11.4 Å². The van der Waals surface area contributed by atoms with Crippen LogP contribution in [0.4, 0.5) is 9.93 Å². The predicted octanol–water partition coefficient (Wildman–Crippen LogP) is 2.90. The first-order valence-electron chi connectivity index (χ1n) is 9.49. The van der Waals surface area contributed by atoms with Crippen LogP contribution >= 0.6 is 11.3 Å². The summed E-state index contributed by atoms with van der Waals surface area (Å²) in [7, 11) is 0. The van der Waals surface area contributed by atoms with E-state index in [9.17, 15) is 9.59 Å². The van der Waals surface area contributed by atoms with E-state index in [1.807, 2.05) is 13.0 Å². The number of hydrogen-bond donors (Lipinski definition) is 2. The zero-order valence-electron chi connectivity index (χ0n) is 16.2. The summed E-state index contributed by atoms with van der Waals surface area (Å²) in [5.41, 5.74) is 6.19. The van der Waals surface area contributed by atoms with Gasteiger partial charge in [-0.3, -0.25) is 10.1 Å². The summed E-state index contributed by atoms with van der Waals surface area (Å²) in [6.45, 7) is 6.30. The topological polar surface area (TPSA) is 114 Å². The molecule has 1 aliphatic carbocycles. The van der Waals surface area contributed by atoms with Crippen molar-refractivity contribution in [1.82, 2.24) is 19.9 Å². The fourth-order valence-electron chi connectivity index (χ4n) is 3.75. The molecule has 9 heteroatoms. The van der Waals surface area contributed by atoms with Crippen molar-refractivity contribution in [3.8, 4) is 10.6 Å². The van der Waals surface area contributed by atoms with Gasteiger partial charge >= 0.3 is 6.03 Å². The highest BCUT2D eigenvalue weighted by Gasteiger charge is 2.44. The van der Waals surface area contributed by atoms with Crippen LogP contribution in [0.1, 0.15) is 50.5 Å². The lowest BCUT2D eigenvalue weighted by Gasteiger charge is -2.31. The molecule has 0 bridgehead atoms. The van der Waals surface area contributed by atoms with E-state index >= 15 is 0 Å². The molecule has 3 amide bonds. The standard InChI is InChI=1S/C19H24N6O2S/c1-10-9-12(10)15-21-7-5-13(23-15)14-11(2)22-17(28-14)24-18(27)25-8-4-6-19(25,3)16(20)26/h5,7,10,12H,4,6,8-9H2,1-3H3,(H2,20,26)(H,22,24,27)/t10?,12?,19-/m0/s1. The van der Waals surface area contributed by atoms with Crippen molar-refractivity contribution in [3.63, 3.8) is 0 Å². The third-order valence-electron chi connectivity index (χ3n) is 5.78. The van der Waals surface area contributed by atoms with Crippen LogP contribution in [0.3, 0.4) is 0 Å². The van der Waals surface area contributed by atoms with E-state index in [4.69, 9.17) is 10.7 Å². The van der Waals surface area contributed by atoms with Gasteiger partial charge in [-0.2, -0.15) is 0 Å². The van der Waals surface area contributed by atoms with Crippen LogP contribution in [-0.4, -0.2) is 43.9 Å². The molecule has 1 saturated heterocycles. The minimum atomic E-state index is -0.957. The molecule has 3 atom stereocenters. The Morgan fingerprint density at radius 2 is 2.14 bits per heavy atom. The zero-order valence-corrected chi connectivity index (χ0v) is 17.0. The first kappa shape index (κ1) is 18.8. The largest absolute Gasteiger partial charge is 0.368 e. The van der Waals surface area contributed by atoms with E-state index < -0.39 is 11.4 Å². The van der Waals surface area contributed by atoms with Crippen molar-refractivity contribution in [2.45, 2.75) is 51.5 Å². The number of rotatable bonds is 4. The number of nitrogens with zero attached hydrogens (tertiary/aromatic N) is 4. The van der Waals surface area contributed by atoms with Gasteiger partial charge in [-0.1, -0.05) is 18.3 Å². The van der Waals surface area contributed by atoms with Crippen molar-refractivity contribution < 1.29 is 9.59 Å². The Balaban J connectivity index is 1.54. The third-order valence-corrected chi connectivity index (χ3v) is 6.87. The van der Waals surface area contributed by atoms with Gasteiger partial charge in [0.15, 0.2) is 5.13 Å². The molecule has 1 aliphatic heterocycles. The maximum absolute atomic E-state index is 12.7. The molecule has 2 unspecified atom stereocenters. The molecule has 0 spiro atoms. The highest BCUT2D eigenvalue weighted by molar-refractivity contribution is 7.19. The predicted molar refractivity (Wildman–Crippen MR) is 107 cm³/mol. The Kier molecular flexibility index (Phi) is 4.57. The maximum atomic E-state index is 12.7. The number of likely N-dealkylation sites (tertiary alicyclic amines) is 1. The summed E-state index contributed by atoms with van der Waals surface area (Å²) in [4.78, 5) is 40.5. The zero-order chi connectivity index (χ0) is 20.1. The van der Waals surface area contributed by atoms with Crippen LogP contribution in [0.15, 0.2) is 12.3 Å². The minimum absolute atomic E-state index is 0.353. The minimum Gasteiger partial charge on any atom is -0.368 e. The van der Waals surface area contributed by atoms with Crippen molar-refractivity contribution in [3.05, 3.63) is 23.8 Å². The number of carbonyl (C=O) groups excluding carboxylic acids is 2. The molecular weight excluding hydrogens is 376 g/mol. The molecular formula is C19H24N6O2S. The quantitative estimate of drug-likeness (QED) is 0.819. The summed E-state index contributed by atoms with van der Waals surface area (Å²) in [6, 6.07) is 1.52. The molecule has 2 aromatic heterocycles. The monoisotopic (exact) mass is 400 g/mol. The van der Waals surface area contributed by atoms with E-state index in [1.165, 1.54) is 16.2 Å². The Labute approximate surface area is 167 Å². The molecule has 4 rings (SSSR count). The summed E-state index contributed by atoms with van der Waals surface area (Å²) in [5, 5.41) is 3.31. The summed E-state index contributed by atoms with van der Waals surface area (Å²) >= 11 is 1.37. The van der Waals surface area contributed by atoms with Crippen molar-refractivity contribution in [2.75, 3.05) is 11.9 Å². The van der Waals surface area contributed by atoms with Crippen LogP contribution in [0, 0.1) is 12.8 Å². The van der Waals surface area contributed by atoms with Gasteiger partial charge in [-0.15, -0.1) is 0 Å². The van der Waals surface area contributed by atoms with Crippen molar-refractivity contribution in [2.24, 2.45) is 11.7 Å². The van der Waals surface area contributed by atoms with Crippen LogP contribution in [0.5, 0.6) is 0 Å². The Morgan fingerprint density at radius 1 is 1.39 bits per heavy atom. The number of primary amides is 1. The van der Waals surface area contributed by atoms with Crippen LogP contribution < -0.4 is 11.1 Å². The maximum Gasteiger partial charge on any atom is 0.324 e. The summed E-state index contributed by atoms with van der Waals surface area (Å²) in [5.74, 6) is 1.46. The second-order valence-corrected chi connectivity index (χ2v) is 8.88. The van der Waals surface area contributed by atoms with Gasteiger partial charge in [0.05, 0.1) is 16.3 Å². The average Bonchev–Trinajstić information content (AvgIpc) is 3.07. The first-order valence-corrected chi connectivity index (χ1v) is 10.3. The van der Waals surface area contributed by atoms with E-state index in [1.54, 1.807) is 13.1 Å². The van der Waals surface area contributed by atoms with E-state index in [-0.39, 0.29) is 6.03 Å². The molecule has 0 aromatic carbocycles. The van der Waals surface area contributed by atoms with Crippen LogP contribution in [0.25, 0.3) is 10.6 Å². The molecule has 3 heterocycles. The second kappa shape index (κ2) is 6.80. The molecule has 8 nitrogen and oxygen atoms in total. The number of hydrogen-bond acceptors (Lipinski definition) is 6. The number of thiazole rings is 1. The molecule has 3 N–H and O–H groups in total. The molecule has 1 saturated carbocycles. The first-order chi connectivity index (χ1) is 13.3. The van der Waals surface area contributed by atoms with Crippen molar-refractivity contribution in [1.29, 1.82) is 0 Å². The Hall–Kier alpha value is -2.55. The van der Waals surface area contributed by atoms with E-state index in [0.717, 1.165) is 34.9 Å². The van der Waals surface area contributed by atoms with Gasteiger partial charge < -0.3 is 10.6 Å². The van der Waals surface area contributed by atoms with Crippen LogP contribution in [0.2, 0.25) is 0 Å². The van der Waals surface area contributed by atoms with Gasteiger partial charge in [0, 0.05) is 18.7 Å². The fourth-order valence-corrected chi connectivity index (χ4v) is 4.68. The normalized spacial score (nSPS) is 26.3. The third kappa shape index (κ3) is 3.23. The lowest BCUT2D eigenvalue weighted by molar-refractivity contribution is -0.126. The number of urea groups is 1. The van der Waals surface area contributed by atoms with Gasteiger partial charge in [0.25, 0.3) is 0 Å². The summed E-state index contributed by atoms with van der Waals surface area (Å²) < 4.78 is 0. The Morgan fingerprint density at radius 3 is 2.82 bits per heavy atom. The average molecular weight is 401 g/mol. The highest BCUT2D eigenvalue weighted by atomic mass is 32.1. The lowest BCUT2D eigenvalue weighted by Crippen LogP contribution is -2.55. The van der Waals surface area contributed by atoms with Gasteiger partial charge in [-0.05, 0) is 45.1 Å². The Bertz CT molecular complexity index is 944. The highest BCUT2D eigenvalue weighted by Crippen LogP contribution is 2.45.